The average Bonchev–Trinajstić information content (AvgIpc) is 2.96. The fourth-order valence-electron chi connectivity index (χ4n) is 2.96. The largest absolute Gasteiger partial charge is 0.369 e. The van der Waals surface area contributed by atoms with E-state index in [0.717, 1.165) is 23.4 Å². The Morgan fingerprint density at radius 3 is 2.76 bits per heavy atom. The molecule has 0 aliphatic carbocycles. The molecule has 0 spiro atoms. The van der Waals surface area contributed by atoms with Gasteiger partial charge in [0.1, 0.15) is 23.3 Å². The van der Waals surface area contributed by atoms with E-state index in [1.807, 2.05) is 13.8 Å². The van der Waals surface area contributed by atoms with Crippen molar-refractivity contribution < 1.29 is 18.3 Å². The summed E-state index contributed by atoms with van der Waals surface area (Å²) in [6, 6.07) is 3.51. The van der Waals surface area contributed by atoms with Crippen LogP contribution in [-0.4, -0.2) is 22.2 Å². The first-order valence-corrected chi connectivity index (χ1v) is 7.79. The minimum Gasteiger partial charge on any atom is -0.369 e. The summed E-state index contributed by atoms with van der Waals surface area (Å²) >= 11 is 0. The molecule has 2 aromatic rings. The molecule has 25 heavy (non-hydrogen) atoms. The van der Waals surface area contributed by atoms with E-state index >= 15 is 0 Å². The van der Waals surface area contributed by atoms with Crippen LogP contribution in [0, 0.1) is 23.0 Å². The first-order valence-electron chi connectivity index (χ1n) is 7.79. The van der Waals surface area contributed by atoms with Crippen molar-refractivity contribution in [2.45, 2.75) is 39.0 Å². The Hall–Kier alpha value is -2.79. The third kappa shape index (κ3) is 3.23. The van der Waals surface area contributed by atoms with E-state index in [2.05, 4.69) is 15.5 Å². The standard InChI is InChI=1S/C17H16F2N4O2/c1-8-3-11-15(9(2)25-8)22-23-16(11)17(24)21-7-10-4-13(18)12(6-20)14(19)5-10/h4-5,8-9H,3,7H2,1-2H3,(H,21,24)(H,22,23)/t8-,9+/m1/s1. The fraction of sp³-hybridized carbons (Fsp3) is 0.353. The normalized spacial score (nSPS) is 19.2. The van der Waals surface area contributed by atoms with Gasteiger partial charge in [-0.25, -0.2) is 8.78 Å². The van der Waals surface area contributed by atoms with Crippen molar-refractivity contribution in [2.75, 3.05) is 0 Å². The lowest BCUT2D eigenvalue weighted by atomic mass is 9.99. The quantitative estimate of drug-likeness (QED) is 0.893. The Labute approximate surface area is 142 Å². The van der Waals surface area contributed by atoms with E-state index in [1.54, 1.807) is 0 Å². The van der Waals surface area contributed by atoms with Gasteiger partial charge in [-0.05, 0) is 31.5 Å². The summed E-state index contributed by atoms with van der Waals surface area (Å²) in [5.41, 5.74) is 1.39. The lowest BCUT2D eigenvalue weighted by Gasteiger charge is -2.25. The highest BCUT2D eigenvalue weighted by Crippen LogP contribution is 2.30. The molecule has 2 heterocycles. The summed E-state index contributed by atoms with van der Waals surface area (Å²) in [5, 5.41) is 18.1. The molecule has 0 fully saturated rings. The molecule has 130 valence electrons. The molecule has 2 atom stereocenters. The van der Waals surface area contributed by atoms with Crippen LogP contribution in [0.15, 0.2) is 12.1 Å². The zero-order valence-electron chi connectivity index (χ0n) is 13.7. The third-order valence-corrected chi connectivity index (χ3v) is 4.12. The monoisotopic (exact) mass is 346 g/mol. The van der Waals surface area contributed by atoms with Gasteiger partial charge in [0.2, 0.25) is 0 Å². The number of aromatic amines is 1. The van der Waals surface area contributed by atoms with Gasteiger partial charge in [0.05, 0.1) is 17.9 Å². The Kier molecular flexibility index (Phi) is 4.51. The van der Waals surface area contributed by atoms with Gasteiger partial charge in [-0.3, -0.25) is 9.89 Å². The number of halogens is 2. The van der Waals surface area contributed by atoms with Crippen molar-refractivity contribution in [1.29, 1.82) is 5.26 Å². The first-order chi connectivity index (χ1) is 11.9. The first kappa shape index (κ1) is 17.0. The number of nitrogens with zero attached hydrogens (tertiary/aromatic N) is 2. The van der Waals surface area contributed by atoms with Gasteiger partial charge >= 0.3 is 0 Å². The summed E-state index contributed by atoms with van der Waals surface area (Å²) < 4.78 is 32.9. The van der Waals surface area contributed by atoms with Crippen LogP contribution in [0.1, 0.15) is 52.8 Å². The molecule has 8 heteroatoms. The summed E-state index contributed by atoms with van der Waals surface area (Å²) in [5.74, 6) is -2.35. The second-order valence-electron chi connectivity index (χ2n) is 5.99. The summed E-state index contributed by atoms with van der Waals surface area (Å²) in [6.07, 6.45) is 0.335. The van der Waals surface area contributed by atoms with Crippen molar-refractivity contribution in [3.63, 3.8) is 0 Å². The van der Waals surface area contributed by atoms with Gasteiger partial charge in [-0.15, -0.1) is 0 Å². The van der Waals surface area contributed by atoms with Crippen LogP contribution in [0.25, 0.3) is 0 Å². The van der Waals surface area contributed by atoms with Crippen LogP contribution in [0.2, 0.25) is 0 Å². The van der Waals surface area contributed by atoms with E-state index < -0.39 is 23.1 Å². The fourth-order valence-corrected chi connectivity index (χ4v) is 2.96. The molecule has 1 aliphatic rings. The molecule has 0 bridgehead atoms. The second kappa shape index (κ2) is 6.61. The lowest BCUT2D eigenvalue weighted by molar-refractivity contribution is -0.00697. The molecule has 1 aromatic heterocycles. The highest BCUT2D eigenvalue weighted by atomic mass is 19.1. The molecule has 1 aliphatic heterocycles. The minimum absolute atomic E-state index is 0.0339. The SMILES string of the molecule is C[C@@H]1Cc2c(C(=O)NCc3cc(F)c(C#N)c(F)c3)n[nH]c2[C@H](C)O1. The number of ether oxygens (including phenoxy) is 1. The van der Waals surface area contributed by atoms with E-state index in [9.17, 15) is 13.6 Å². The lowest BCUT2D eigenvalue weighted by Crippen LogP contribution is -2.27. The number of amides is 1. The van der Waals surface area contributed by atoms with Gasteiger partial charge in [-0.1, -0.05) is 0 Å². The molecular formula is C17H16F2N4O2. The molecule has 6 nitrogen and oxygen atoms in total. The Morgan fingerprint density at radius 1 is 1.44 bits per heavy atom. The zero-order chi connectivity index (χ0) is 18.1. The van der Waals surface area contributed by atoms with E-state index in [4.69, 9.17) is 10.00 Å². The van der Waals surface area contributed by atoms with Crippen LogP contribution in [0.3, 0.4) is 0 Å². The number of fused-ring (bicyclic) bond motifs is 1. The summed E-state index contributed by atoms with van der Waals surface area (Å²) in [7, 11) is 0. The summed E-state index contributed by atoms with van der Waals surface area (Å²) in [6.45, 7) is 3.70. The molecule has 0 saturated carbocycles. The number of hydrogen-bond donors (Lipinski definition) is 2. The predicted octanol–water partition coefficient (Wildman–Crippen LogP) is 2.51. The molecule has 0 radical (unpaired) electrons. The maximum atomic E-state index is 13.6. The number of aromatic nitrogens is 2. The minimum atomic E-state index is -0.955. The van der Waals surface area contributed by atoms with Crippen LogP contribution in [0.4, 0.5) is 8.78 Å². The Morgan fingerprint density at radius 2 is 2.12 bits per heavy atom. The number of benzene rings is 1. The maximum Gasteiger partial charge on any atom is 0.272 e. The highest BCUT2D eigenvalue weighted by Gasteiger charge is 2.29. The molecule has 0 unspecified atom stereocenters. The zero-order valence-corrected chi connectivity index (χ0v) is 13.7. The molecular weight excluding hydrogens is 330 g/mol. The third-order valence-electron chi connectivity index (χ3n) is 4.12. The van der Waals surface area contributed by atoms with Gasteiger partial charge < -0.3 is 10.1 Å². The van der Waals surface area contributed by atoms with Crippen molar-refractivity contribution in [3.8, 4) is 6.07 Å². The highest BCUT2D eigenvalue weighted by molar-refractivity contribution is 5.94. The van der Waals surface area contributed by atoms with E-state index in [0.29, 0.717) is 6.42 Å². The maximum absolute atomic E-state index is 13.6. The second-order valence-corrected chi connectivity index (χ2v) is 5.99. The summed E-state index contributed by atoms with van der Waals surface area (Å²) in [4.78, 5) is 12.4. The molecule has 2 N–H and O–H groups in total. The van der Waals surface area contributed by atoms with E-state index in [1.165, 1.54) is 6.07 Å². The van der Waals surface area contributed by atoms with Gasteiger partial charge in [0, 0.05) is 18.5 Å². The van der Waals surface area contributed by atoms with Gasteiger partial charge in [-0.2, -0.15) is 10.4 Å². The average molecular weight is 346 g/mol. The number of nitrogens with one attached hydrogen (secondary N) is 2. The van der Waals surface area contributed by atoms with Crippen LogP contribution < -0.4 is 5.32 Å². The topological polar surface area (TPSA) is 90.8 Å². The van der Waals surface area contributed by atoms with E-state index in [-0.39, 0.29) is 30.0 Å². The van der Waals surface area contributed by atoms with Crippen molar-refractivity contribution in [3.05, 3.63) is 51.8 Å². The number of nitriles is 1. The van der Waals surface area contributed by atoms with Crippen LogP contribution >= 0.6 is 0 Å². The van der Waals surface area contributed by atoms with Crippen LogP contribution in [-0.2, 0) is 17.7 Å². The number of H-pyrrole nitrogens is 1. The number of carbonyl (C=O) groups is 1. The molecule has 0 saturated heterocycles. The Balaban J connectivity index is 1.76. The smallest absolute Gasteiger partial charge is 0.272 e. The van der Waals surface area contributed by atoms with Crippen LogP contribution in [0.5, 0.6) is 0 Å². The van der Waals surface area contributed by atoms with Crippen molar-refractivity contribution in [2.24, 2.45) is 0 Å². The Bertz CT molecular complexity index is 849. The van der Waals surface area contributed by atoms with Crippen molar-refractivity contribution >= 4 is 5.91 Å². The molecule has 1 aromatic carbocycles. The van der Waals surface area contributed by atoms with Crippen molar-refractivity contribution in [1.82, 2.24) is 15.5 Å². The predicted molar refractivity (Wildman–Crippen MR) is 83.5 cm³/mol. The number of hydrogen-bond acceptors (Lipinski definition) is 4. The molecule has 3 rings (SSSR count). The number of rotatable bonds is 3. The number of carbonyl (C=O) groups excluding carboxylic acids is 1. The van der Waals surface area contributed by atoms with Gasteiger partial charge in [0.15, 0.2) is 5.69 Å². The van der Waals surface area contributed by atoms with Gasteiger partial charge in [0.25, 0.3) is 5.91 Å². The molecule has 1 amide bonds.